The van der Waals surface area contributed by atoms with Crippen LogP contribution >= 0.6 is 0 Å². The Bertz CT molecular complexity index is 441. The van der Waals surface area contributed by atoms with E-state index in [1.165, 1.54) is 4.57 Å². The highest BCUT2D eigenvalue weighted by Gasteiger charge is 2.00. The van der Waals surface area contributed by atoms with Crippen LogP contribution in [0.4, 0.5) is 5.69 Å². The van der Waals surface area contributed by atoms with Crippen molar-refractivity contribution in [3.05, 3.63) is 60.1 Å². The van der Waals surface area contributed by atoms with Gasteiger partial charge in [0.05, 0.1) is 5.69 Å². The third-order valence-electron chi connectivity index (χ3n) is 1.75. The lowest BCUT2D eigenvalue weighted by Gasteiger charge is -2.05. The van der Waals surface area contributed by atoms with Crippen molar-refractivity contribution >= 4 is 11.4 Å². The summed E-state index contributed by atoms with van der Waals surface area (Å²) in [6.45, 7) is 7.17. The summed E-state index contributed by atoms with van der Waals surface area (Å²) in [4.78, 5) is 11.6. The molecular formula is C11H12N2O. The number of rotatable bonds is 3. The van der Waals surface area contributed by atoms with Crippen molar-refractivity contribution in [2.75, 3.05) is 5.73 Å². The zero-order chi connectivity index (χ0) is 10.6. The van der Waals surface area contributed by atoms with Crippen LogP contribution in [0.15, 0.2) is 54.5 Å². The van der Waals surface area contributed by atoms with Gasteiger partial charge in [0.1, 0.15) is 0 Å². The van der Waals surface area contributed by atoms with Crippen LogP contribution in [0.3, 0.4) is 0 Å². The molecule has 1 rings (SSSR count). The van der Waals surface area contributed by atoms with Gasteiger partial charge in [-0.05, 0) is 24.3 Å². The van der Waals surface area contributed by atoms with E-state index in [0.717, 1.165) is 0 Å². The van der Waals surface area contributed by atoms with Crippen LogP contribution in [0.2, 0.25) is 0 Å². The highest BCUT2D eigenvalue weighted by molar-refractivity contribution is 5.59. The van der Waals surface area contributed by atoms with E-state index in [-0.39, 0.29) is 11.2 Å². The average molecular weight is 188 g/mol. The molecule has 14 heavy (non-hydrogen) atoms. The standard InChI is InChI=1S/C11H12N2O/c1-3-6-9(4-2)13-8-5-7-10(12)11(13)14/h3-8H,1-2,12H2/b9-6+. The summed E-state index contributed by atoms with van der Waals surface area (Å²) >= 11 is 0. The number of allylic oxidation sites excluding steroid dienone is 4. The topological polar surface area (TPSA) is 48.0 Å². The van der Waals surface area contributed by atoms with Crippen molar-refractivity contribution < 1.29 is 0 Å². The van der Waals surface area contributed by atoms with E-state index in [1.807, 2.05) is 0 Å². The number of aromatic nitrogens is 1. The quantitative estimate of drug-likeness (QED) is 0.733. The van der Waals surface area contributed by atoms with Crippen molar-refractivity contribution in [2.24, 2.45) is 0 Å². The molecule has 0 fully saturated rings. The van der Waals surface area contributed by atoms with Gasteiger partial charge in [0.2, 0.25) is 0 Å². The van der Waals surface area contributed by atoms with E-state index in [1.54, 1.807) is 36.6 Å². The van der Waals surface area contributed by atoms with Crippen LogP contribution in [0.1, 0.15) is 0 Å². The van der Waals surface area contributed by atoms with Gasteiger partial charge in [0.25, 0.3) is 5.56 Å². The number of hydrogen-bond donors (Lipinski definition) is 1. The third kappa shape index (κ3) is 1.82. The molecule has 0 spiro atoms. The molecule has 3 heteroatoms. The van der Waals surface area contributed by atoms with Crippen LogP contribution in [0.5, 0.6) is 0 Å². The van der Waals surface area contributed by atoms with Gasteiger partial charge >= 0.3 is 0 Å². The monoisotopic (exact) mass is 188 g/mol. The summed E-state index contributed by atoms with van der Waals surface area (Å²) in [6.07, 6.45) is 6.48. The fourth-order valence-electron chi connectivity index (χ4n) is 1.08. The highest BCUT2D eigenvalue weighted by Crippen LogP contribution is 2.03. The smallest absolute Gasteiger partial charge is 0.278 e. The summed E-state index contributed by atoms with van der Waals surface area (Å²) in [5, 5.41) is 0. The van der Waals surface area contributed by atoms with E-state index >= 15 is 0 Å². The van der Waals surface area contributed by atoms with Gasteiger partial charge in [-0.2, -0.15) is 0 Å². The van der Waals surface area contributed by atoms with E-state index in [2.05, 4.69) is 13.2 Å². The van der Waals surface area contributed by atoms with Crippen LogP contribution in [-0.2, 0) is 0 Å². The molecular weight excluding hydrogens is 176 g/mol. The molecule has 0 unspecified atom stereocenters. The Morgan fingerprint density at radius 1 is 1.50 bits per heavy atom. The second-order valence-corrected chi connectivity index (χ2v) is 2.67. The average Bonchev–Trinajstić information content (AvgIpc) is 2.19. The lowest BCUT2D eigenvalue weighted by atomic mass is 10.3. The molecule has 0 saturated carbocycles. The molecule has 72 valence electrons. The summed E-state index contributed by atoms with van der Waals surface area (Å²) in [6, 6.07) is 3.27. The van der Waals surface area contributed by atoms with E-state index < -0.39 is 0 Å². The Morgan fingerprint density at radius 2 is 2.21 bits per heavy atom. The van der Waals surface area contributed by atoms with Gasteiger partial charge < -0.3 is 5.73 Å². The first-order chi connectivity index (χ1) is 6.70. The first kappa shape index (κ1) is 10.1. The molecule has 0 radical (unpaired) electrons. The normalized spacial score (nSPS) is 11.0. The summed E-state index contributed by atoms with van der Waals surface area (Å²) in [5.41, 5.74) is 6.10. The Kier molecular flexibility index (Phi) is 3.07. The van der Waals surface area contributed by atoms with Gasteiger partial charge in [0, 0.05) is 11.9 Å². The fourth-order valence-corrected chi connectivity index (χ4v) is 1.08. The summed E-state index contributed by atoms with van der Waals surface area (Å²) in [5.74, 6) is 0. The van der Waals surface area contributed by atoms with Crippen molar-refractivity contribution in [3.8, 4) is 0 Å². The molecule has 1 heterocycles. The van der Waals surface area contributed by atoms with Gasteiger partial charge in [-0.15, -0.1) is 0 Å². The zero-order valence-electron chi connectivity index (χ0n) is 7.81. The molecule has 0 saturated heterocycles. The van der Waals surface area contributed by atoms with Crippen LogP contribution in [-0.4, -0.2) is 4.57 Å². The second-order valence-electron chi connectivity index (χ2n) is 2.67. The first-order valence-corrected chi connectivity index (χ1v) is 4.13. The summed E-state index contributed by atoms with van der Waals surface area (Å²) in [7, 11) is 0. The van der Waals surface area contributed by atoms with E-state index in [9.17, 15) is 4.79 Å². The molecule has 1 aromatic heterocycles. The van der Waals surface area contributed by atoms with Gasteiger partial charge in [0.15, 0.2) is 0 Å². The Morgan fingerprint density at radius 3 is 2.79 bits per heavy atom. The second kappa shape index (κ2) is 4.28. The maximum atomic E-state index is 11.6. The van der Waals surface area contributed by atoms with Crippen LogP contribution < -0.4 is 11.3 Å². The zero-order valence-corrected chi connectivity index (χ0v) is 7.81. The molecule has 1 aromatic rings. The minimum absolute atomic E-state index is 0.212. The molecule has 0 amide bonds. The van der Waals surface area contributed by atoms with E-state index in [4.69, 9.17) is 5.73 Å². The Balaban J connectivity index is 3.38. The van der Waals surface area contributed by atoms with Crippen molar-refractivity contribution in [1.29, 1.82) is 0 Å². The van der Waals surface area contributed by atoms with E-state index in [0.29, 0.717) is 5.70 Å². The Hall–Kier alpha value is -2.03. The molecule has 0 aliphatic heterocycles. The highest BCUT2D eigenvalue weighted by atomic mass is 16.1. The number of anilines is 1. The van der Waals surface area contributed by atoms with Crippen molar-refractivity contribution in [2.45, 2.75) is 0 Å². The van der Waals surface area contributed by atoms with Gasteiger partial charge in [-0.3, -0.25) is 9.36 Å². The predicted octanol–water partition coefficient (Wildman–Crippen LogP) is 1.64. The van der Waals surface area contributed by atoms with Crippen LogP contribution in [0, 0.1) is 0 Å². The largest absolute Gasteiger partial charge is 0.394 e. The van der Waals surface area contributed by atoms with Gasteiger partial charge in [-0.25, -0.2) is 0 Å². The molecule has 0 bridgehead atoms. The third-order valence-corrected chi connectivity index (χ3v) is 1.75. The van der Waals surface area contributed by atoms with Crippen molar-refractivity contribution in [3.63, 3.8) is 0 Å². The molecule has 2 N–H and O–H groups in total. The predicted molar refractivity (Wildman–Crippen MR) is 59.8 cm³/mol. The molecule has 3 nitrogen and oxygen atoms in total. The Labute approximate surface area is 82.5 Å². The minimum Gasteiger partial charge on any atom is -0.394 e. The molecule has 0 aliphatic carbocycles. The summed E-state index contributed by atoms with van der Waals surface area (Å²) < 4.78 is 1.42. The number of hydrogen-bond acceptors (Lipinski definition) is 2. The molecule has 0 aliphatic rings. The number of nitrogens with zero attached hydrogens (tertiary/aromatic N) is 1. The lowest BCUT2D eigenvalue weighted by molar-refractivity contribution is 1.03. The minimum atomic E-state index is -0.250. The molecule has 0 atom stereocenters. The maximum absolute atomic E-state index is 11.6. The maximum Gasteiger partial charge on any atom is 0.278 e. The number of nitrogens with two attached hydrogens (primary N) is 1. The SMILES string of the molecule is C=C/C=C(\C=C)n1cccc(N)c1=O. The number of pyridine rings is 1. The fraction of sp³-hybridized carbons (Fsp3) is 0. The number of nitrogen functional groups attached to an aromatic ring is 1. The van der Waals surface area contributed by atoms with Crippen LogP contribution in [0.25, 0.3) is 5.70 Å². The van der Waals surface area contributed by atoms with Gasteiger partial charge in [-0.1, -0.05) is 19.2 Å². The first-order valence-electron chi connectivity index (χ1n) is 4.13. The molecule has 0 aromatic carbocycles. The van der Waals surface area contributed by atoms with Crippen molar-refractivity contribution in [1.82, 2.24) is 4.57 Å². The lowest BCUT2D eigenvalue weighted by Crippen LogP contribution is -2.20.